The van der Waals surface area contributed by atoms with Gasteiger partial charge in [-0.05, 0) is 25.0 Å². The average Bonchev–Trinajstić information content (AvgIpc) is 2.30. The van der Waals surface area contributed by atoms with Gasteiger partial charge in [0.1, 0.15) is 11.8 Å². The van der Waals surface area contributed by atoms with Gasteiger partial charge in [0.25, 0.3) is 6.43 Å². The number of hydrogen-bond acceptors (Lipinski definition) is 4. The van der Waals surface area contributed by atoms with Gasteiger partial charge in [0.15, 0.2) is 5.69 Å². The molecular weight excluding hydrogens is 230 g/mol. The van der Waals surface area contributed by atoms with E-state index in [4.69, 9.17) is 5.26 Å². The van der Waals surface area contributed by atoms with Crippen molar-refractivity contribution in [3.05, 3.63) is 28.1 Å². The van der Waals surface area contributed by atoms with Crippen LogP contribution in [0.3, 0.4) is 0 Å². The first-order chi connectivity index (χ1) is 7.93. The maximum Gasteiger partial charge on any atom is 0.356 e. The summed E-state index contributed by atoms with van der Waals surface area (Å²) in [4.78, 5) is 14.9. The first-order valence-corrected chi connectivity index (χ1v) is 4.71. The standard InChI is InChI=1S/C11H10F2N2O2/c1-5-6(2)8(11(16)17-3)15-9(10(12)13)7(5)4-14/h10H,1-3H3. The highest BCUT2D eigenvalue weighted by molar-refractivity contribution is 5.89. The van der Waals surface area contributed by atoms with Gasteiger partial charge in [-0.15, -0.1) is 0 Å². The van der Waals surface area contributed by atoms with E-state index in [1.54, 1.807) is 6.07 Å². The number of pyridine rings is 1. The molecule has 0 unspecified atom stereocenters. The fourth-order valence-corrected chi connectivity index (χ4v) is 1.41. The third-order valence-electron chi connectivity index (χ3n) is 2.48. The van der Waals surface area contributed by atoms with Gasteiger partial charge < -0.3 is 4.74 Å². The SMILES string of the molecule is COC(=O)c1nc(C(F)F)c(C#N)c(C)c1C. The number of alkyl halides is 2. The summed E-state index contributed by atoms with van der Waals surface area (Å²) >= 11 is 0. The molecule has 1 heterocycles. The number of nitrogens with zero attached hydrogens (tertiary/aromatic N) is 2. The highest BCUT2D eigenvalue weighted by Crippen LogP contribution is 2.26. The highest BCUT2D eigenvalue weighted by atomic mass is 19.3. The van der Waals surface area contributed by atoms with Crippen LogP contribution in [0.4, 0.5) is 8.78 Å². The summed E-state index contributed by atoms with van der Waals surface area (Å²) in [5, 5.41) is 8.82. The van der Waals surface area contributed by atoms with Gasteiger partial charge in [-0.1, -0.05) is 0 Å². The Morgan fingerprint density at radius 3 is 2.41 bits per heavy atom. The maximum absolute atomic E-state index is 12.7. The topological polar surface area (TPSA) is 63.0 Å². The molecule has 4 nitrogen and oxygen atoms in total. The Hall–Kier alpha value is -2.03. The number of halogens is 2. The predicted octanol–water partition coefficient (Wildman–Crippen LogP) is 2.29. The molecule has 0 radical (unpaired) electrons. The van der Waals surface area contributed by atoms with E-state index >= 15 is 0 Å². The zero-order valence-electron chi connectivity index (χ0n) is 9.54. The monoisotopic (exact) mass is 240 g/mol. The summed E-state index contributed by atoms with van der Waals surface area (Å²) < 4.78 is 29.9. The maximum atomic E-state index is 12.7. The van der Waals surface area contributed by atoms with E-state index in [0.29, 0.717) is 11.1 Å². The van der Waals surface area contributed by atoms with Crippen LogP contribution in [0.2, 0.25) is 0 Å². The summed E-state index contributed by atoms with van der Waals surface area (Å²) in [6, 6.07) is 1.68. The second kappa shape index (κ2) is 4.87. The molecule has 0 amide bonds. The predicted molar refractivity (Wildman–Crippen MR) is 54.7 cm³/mol. The van der Waals surface area contributed by atoms with Gasteiger partial charge in [0, 0.05) is 0 Å². The first kappa shape index (κ1) is 13.0. The lowest BCUT2D eigenvalue weighted by atomic mass is 10.0. The second-order valence-corrected chi connectivity index (χ2v) is 3.37. The fraction of sp³-hybridized carbons (Fsp3) is 0.364. The molecule has 1 aromatic rings. The van der Waals surface area contributed by atoms with Crippen molar-refractivity contribution in [2.45, 2.75) is 20.3 Å². The van der Waals surface area contributed by atoms with Crippen molar-refractivity contribution in [1.29, 1.82) is 5.26 Å². The normalized spacial score (nSPS) is 10.2. The zero-order valence-corrected chi connectivity index (χ0v) is 9.54. The summed E-state index contributed by atoms with van der Waals surface area (Å²) in [5.41, 5.74) is -0.364. The lowest BCUT2D eigenvalue weighted by Crippen LogP contribution is -2.12. The van der Waals surface area contributed by atoms with Crippen molar-refractivity contribution >= 4 is 5.97 Å². The molecule has 1 rings (SSSR count). The molecule has 0 saturated carbocycles. The molecule has 0 fully saturated rings. The molecule has 6 heteroatoms. The molecule has 0 N–H and O–H groups in total. The Balaban J connectivity index is 3.59. The third kappa shape index (κ3) is 2.23. The van der Waals surface area contributed by atoms with Crippen LogP contribution in [0.25, 0.3) is 0 Å². The van der Waals surface area contributed by atoms with Crippen LogP contribution in [0.5, 0.6) is 0 Å². The molecule has 90 valence electrons. The molecule has 0 aromatic carbocycles. The number of carbonyl (C=O) groups is 1. The van der Waals surface area contributed by atoms with Gasteiger partial charge >= 0.3 is 5.97 Å². The molecule has 0 aliphatic heterocycles. The molecule has 0 bridgehead atoms. The van der Waals surface area contributed by atoms with E-state index in [9.17, 15) is 13.6 Å². The lowest BCUT2D eigenvalue weighted by molar-refractivity contribution is 0.0591. The van der Waals surface area contributed by atoms with Crippen LogP contribution in [-0.2, 0) is 4.74 Å². The Bertz CT molecular complexity index is 507. The van der Waals surface area contributed by atoms with Gasteiger partial charge in [-0.3, -0.25) is 0 Å². The summed E-state index contributed by atoms with van der Waals surface area (Å²) in [7, 11) is 1.14. The molecule has 0 aliphatic rings. The van der Waals surface area contributed by atoms with Crippen molar-refractivity contribution in [3.8, 4) is 6.07 Å². The lowest BCUT2D eigenvalue weighted by Gasteiger charge is -2.11. The largest absolute Gasteiger partial charge is 0.464 e. The fourth-order valence-electron chi connectivity index (χ4n) is 1.41. The van der Waals surface area contributed by atoms with Crippen molar-refractivity contribution < 1.29 is 18.3 Å². The molecule has 0 aliphatic carbocycles. The molecule has 0 spiro atoms. The van der Waals surface area contributed by atoms with Crippen molar-refractivity contribution in [1.82, 2.24) is 4.98 Å². The van der Waals surface area contributed by atoms with E-state index in [1.807, 2.05) is 0 Å². The van der Waals surface area contributed by atoms with Crippen molar-refractivity contribution in [2.24, 2.45) is 0 Å². The number of nitriles is 1. The molecule has 0 saturated heterocycles. The smallest absolute Gasteiger partial charge is 0.356 e. The molecule has 1 aromatic heterocycles. The minimum Gasteiger partial charge on any atom is -0.464 e. The summed E-state index contributed by atoms with van der Waals surface area (Å²) in [6.07, 6.45) is -2.91. The molecule has 17 heavy (non-hydrogen) atoms. The zero-order chi connectivity index (χ0) is 13.2. The van der Waals surface area contributed by atoms with Gasteiger partial charge in [-0.25, -0.2) is 18.6 Å². The minimum atomic E-state index is -2.91. The molecule has 0 atom stereocenters. The molecular formula is C11H10F2N2O2. The average molecular weight is 240 g/mol. The second-order valence-electron chi connectivity index (χ2n) is 3.37. The van der Waals surface area contributed by atoms with E-state index in [0.717, 1.165) is 7.11 Å². The summed E-state index contributed by atoms with van der Waals surface area (Å²) in [5.74, 6) is -0.794. The highest BCUT2D eigenvalue weighted by Gasteiger charge is 2.23. The first-order valence-electron chi connectivity index (χ1n) is 4.71. The van der Waals surface area contributed by atoms with E-state index in [1.165, 1.54) is 13.8 Å². The van der Waals surface area contributed by atoms with Crippen molar-refractivity contribution in [2.75, 3.05) is 7.11 Å². The van der Waals surface area contributed by atoms with Crippen LogP contribution in [0, 0.1) is 25.2 Å². The summed E-state index contributed by atoms with van der Waals surface area (Å²) in [6.45, 7) is 3.03. The van der Waals surface area contributed by atoms with Gasteiger partial charge in [0.05, 0.1) is 12.7 Å². The Morgan fingerprint density at radius 1 is 1.41 bits per heavy atom. The van der Waals surface area contributed by atoms with Crippen molar-refractivity contribution in [3.63, 3.8) is 0 Å². The van der Waals surface area contributed by atoms with Crippen LogP contribution in [-0.4, -0.2) is 18.1 Å². The number of esters is 1. The van der Waals surface area contributed by atoms with E-state index in [-0.39, 0.29) is 11.3 Å². The van der Waals surface area contributed by atoms with Crippen LogP contribution >= 0.6 is 0 Å². The number of methoxy groups -OCH3 is 1. The number of rotatable bonds is 2. The number of hydrogen-bond donors (Lipinski definition) is 0. The van der Waals surface area contributed by atoms with Gasteiger partial charge in [0.2, 0.25) is 0 Å². The number of carbonyl (C=O) groups excluding carboxylic acids is 1. The minimum absolute atomic E-state index is 0.181. The third-order valence-corrected chi connectivity index (χ3v) is 2.48. The van der Waals surface area contributed by atoms with E-state index in [2.05, 4.69) is 9.72 Å². The Labute approximate surface area is 96.8 Å². The Kier molecular flexibility index (Phi) is 3.73. The van der Waals surface area contributed by atoms with Crippen LogP contribution < -0.4 is 0 Å². The van der Waals surface area contributed by atoms with Crippen LogP contribution in [0.15, 0.2) is 0 Å². The van der Waals surface area contributed by atoms with Gasteiger partial charge in [-0.2, -0.15) is 5.26 Å². The number of ether oxygens (including phenoxy) is 1. The van der Waals surface area contributed by atoms with Crippen LogP contribution in [0.1, 0.15) is 39.3 Å². The quantitative estimate of drug-likeness (QED) is 0.744. The Morgan fingerprint density at radius 2 is 2.00 bits per heavy atom. The number of aromatic nitrogens is 1. The van der Waals surface area contributed by atoms with E-state index < -0.39 is 18.1 Å².